The Morgan fingerprint density at radius 3 is 2.58 bits per heavy atom. The van der Waals surface area contributed by atoms with E-state index >= 15 is 0 Å². The van der Waals surface area contributed by atoms with Gasteiger partial charge in [-0.25, -0.2) is 0 Å². The van der Waals surface area contributed by atoms with Gasteiger partial charge in [0.25, 0.3) is 0 Å². The maximum absolute atomic E-state index is 4.23. The van der Waals surface area contributed by atoms with Crippen LogP contribution in [0, 0.1) is 5.92 Å². The van der Waals surface area contributed by atoms with E-state index < -0.39 is 0 Å². The summed E-state index contributed by atoms with van der Waals surface area (Å²) in [6, 6.07) is 0. The highest BCUT2D eigenvalue weighted by Gasteiger charge is 2.05. The van der Waals surface area contributed by atoms with Crippen LogP contribution in [0.15, 0.2) is 70.8 Å². The fraction of sp³-hybridized carbons (Fsp3) is 0.294. The molecule has 0 aliphatic carbocycles. The Balaban J connectivity index is 5.07. The largest absolute Gasteiger partial charge is 0.256 e. The lowest BCUT2D eigenvalue weighted by Crippen LogP contribution is -1.95. The number of hydrogen-bond donors (Lipinski definition) is 0. The van der Waals surface area contributed by atoms with E-state index in [9.17, 15) is 0 Å². The second-order valence-electron chi connectivity index (χ2n) is 4.09. The number of nitrogens with zero attached hydrogens (tertiary/aromatic N) is 1. The number of allylic oxidation sites excluding steroid dienone is 5. The van der Waals surface area contributed by atoms with E-state index in [4.69, 9.17) is 0 Å². The Bertz CT molecular complexity index is 446. The lowest BCUT2D eigenvalue weighted by atomic mass is 10.0. The molecule has 0 bridgehead atoms. The van der Waals surface area contributed by atoms with Crippen molar-refractivity contribution < 1.29 is 0 Å². The van der Waals surface area contributed by atoms with Crippen molar-refractivity contribution >= 4 is 17.5 Å². The van der Waals surface area contributed by atoms with Gasteiger partial charge in [-0.2, -0.15) is 0 Å². The summed E-state index contributed by atoms with van der Waals surface area (Å²) in [4.78, 5) is 5.12. The molecule has 2 heteroatoms. The topological polar surface area (TPSA) is 12.4 Å². The highest BCUT2D eigenvalue weighted by Crippen LogP contribution is 2.24. The lowest BCUT2D eigenvalue weighted by molar-refractivity contribution is 0.657. The van der Waals surface area contributed by atoms with E-state index in [0.717, 1.165) is 17.0 Å². The van der Waals surface area contributed by atoms with E-state index in [2.05, 4.69) is 56.6 Å². The molecule has 0 fully saturated rings. The summed E-state index contributed by atoms with van der Waals surface area (Å²) < 4.78 is 0. The molecule has 0 heterocycles. The van der Waals surface area contributed by atoms with Crippen LogP contribution < -0.4 is 0 Å². The monoisotopic (exact) mass is 273 g/mol. The minimum atomic E-state index is 0.585. The Morgan fingerprint density at radius 2 is 2.11 bits per heavy atom. The van der Waals surface area contributed by atoms with Crippen molar-refractivity contribution in [2.75, 3.05) is 0 Å². The zero-order chi connectivity index (χ0) is 14.7. The first-order valence-electron chi connectivity index (χ1n) is 6.32. The summed E-state index contributed by atoms with van der Waals surface area (Å²) in [6.07, 6.45) is 8.09. The highest BCUT2D eigenvalue weighted by atomic mass is 32.2. The number of thioether (sulfide) groups is 1. The molecule has 0 aromatic carbocycles. The molecule has 0 aliphatic rings. The van der Waals surface area contributed by atoms with E-state index in [-0.39, 0.29) is 0 Å². The number of hydrogen-bond acceptors (Lipinski definition) is 2. The molecule has 1 nitrogen and oxygen atoms in total. The summed E-state index contributed by atoms with van der Waals surface area (Å²) in [5.41, 5.74) is 5.08. The Kier molecular flexibility index (Phi) is 9.60. The first-order valence-corrected chi connectivity index (χ1v) is 7.20. The van der Waals surface area contributed by atoms with Crippen LogP contribution in [0.4, 0.5) is 0 Å². The summed E-state index contributed by atoms with van der Waals surface area (Å²) in [7, 11) is 0. The van der Waals surface area contributed by atoms with E-state index in [0.29, 0.717) is 5.92 Å². The highest BCUT2D eigenvalue weighted by molar-refractivity contribution is 8.06. The quantitative estimate of drug-likeness (QED) is 0.315. The second-order valence-corrected chi connectivity index (χ2v) is 4.97. The van der Waals surface area contributed by atoms with Gasteiger partial charge in [0.15, 0.2) is 0 Å². The molecule has 19 heavy (non-hydrogen) atoms. The van der Waals surface area contributed by atoms with Crippen LogP contribution in [0.5, 0.6) is 0 Å². The smallest absolute Gasteiger partial charge is 0.0846 e. The van der Waals surface area contributed by atoms with Crippen LogP contribution in [-0.4, -0.2) is 5.71 Å². The number of rotatable bonds is 8. The molecule has 0 unspecified atom stereocenters. The first kappa shape index (κ1) is 17.5. The third kappa shape index (κ3) is 6.85. The van der Waals surface area contributed by atoms with Gasteiger partial charge in [-0.1, -0.05) is 63.1 Å². The molecule has 0 aliphatic heterocycles. The maximum Gasteiger partial charge on any atom is 0.0846 e. The molecule has 0 amide bonds. The zero-order valence-electron chi connectivity index (χ0n) is 12.1. The van der Waals surface area contributed by atoms with Crippen LogP contribution in [0.3, 0.4) is 0 Å². The fourth-order valence-electron chi connectivity index (χ4n) is 1.22. The molecule has 0 aromatic rings. The van der Waals surface area contributed by atoms with Crippen molar-refractivity contribution in [1.82, 2.24) is 0 Å². The van der Waals surface area contributed by atoms with Crippen LogP contribution in [0.1, 0.15) is 27.2 Å². The normalized spacial score (nSPS) is 14.1. The molecule has 0 N–H and O–H groups in total. The first-order chi connectivity index (χ1) is 9.10. The average molecular weight is 273 g/mol. The van der Waals surface area contributed by atoms with Gasteiger partial charge in [0.1, 0.15) is 0 Å². The van der Waals surface area contributed by atoms with Gasteiger partial charge in [0.2, 0.25) is 0 Å². The summed E-state index contributed by atoms with van der Waals surface area (Å²) in [6.45, 7) is 17.6. The van der Waals surface area contributed by atoms with Crippen molar-refractivity contribution in [1.29, 1.82) is 0 Å². The molecule has 0 rings (SSSR count). The Labute approximate surface area is 121 Å². The third-order valence-corrected chi connectivity index (χ3v) is 3.84. The van der Waals surface area contributed by atoms with Crippen molar-refractivity contribution in [3.8, 4) is 0 Å². The summed E-state index contributed by atoms with van der Waals surface area (Å²) in [5, 5.41) is 2.14. The maximum atomic E-state index is 4.23. The minimum absolute atomic E-state index is 0.585. The van der Waals surface area contributed by atoms with Crippen molar-refractivity contribution in [2.24, 2.45) is 10.9 Å². The fourth-order valence-corrected chi connectivity index (χ4v) is 2.08. The van der Waals surface area contributed by atoms with E-state index in [1.54, 1.807) is 17.8 Å². The minimum Gasteiger partial charge on any atom is -0.256 e. The molecule has 0 spiro atoms. The van der Waals surface area contributed by atoms with Gasteiger partial charge in [0.05, 0.1) is 10.6 Å². The van der Waals surface area contributed by atoms with E-state index in [1.165, 1.54) is 11.8 Å². The second kappa shape index (κ2) is 10.4. The SMILES string of the molecule is C=C=C(S/C=C(\C)[C@H](C)CC)C(/C=C\C=C)=NC=C. The molecule has 0 aromatic heterocycles. The van der Waals surface area contributed by atoms with Gasteiger partial charge in [-0.05, 0) is 30.7 Å². The van der Waals surface area contributed by atoms with Gasteiger partial charge in [-0.3, -0.25) is 4.99 Å². The molecule has 0 saturated heterocycles. The number of aliphatic imine (C=N–C) groups is 1. The van der Waals surface area contributed by atoms with Gasteiger partial charge in [0, 0.05) is 6.20 Å². The van der Waals surface area contributed by atoms with Crippen LogP contribution in [-0.2, 0) is 0 Å². The van der Waals surface area contributed by atoms with Crippen LogP contribution in [0.2, 0.25) is 0 Å². The third-order valence-electron chi connectivity index (χ3n) is 2.77. The van der Waals surface area contributed by atoms with Crippen LogP contribution in [0.25, 0.3) is 0 Å². The molecular formula is C17H23NS. The molecule has 1 atom stereocenters. The Hall–Kier alpha value is -1.50. The molecular weight excluding hydrogens is 250 g/mol. The predicted molar refractivity (Wildman–Crippen MR) is 90.4 cm³/mol. The average Bonchev–Trinajstić information content (AvgIpc) is 2.43. The molecule has 0 saturated carbocycles. The van der Waals surface area contributed by atoms with Crippen LogP contribution >= 0.6 is 11.8 Å². The Morgan fingerprint density at radius 1 is 1.42 bits per heavy atom. The van der Waals surface area contributed by atoms with Gasteiger partial charge >= 0.3 is 0 Å². The van der Waals surface area contributed by atoms with Crippen molar-refractivity contribution in [2.45, 2.75) is 27.2 Å². The summed E-state index contributed by atoms with van der Waals surface area (Å²) in [5.74, 6) is 0.585. The summed E-state index contributed by atoms with van der Waals surface area (Å²) >= 11 is 1.59. The van der Waals surface area contributed by atoms with Gasteiger partial charge < -0.3 is 0 Å². The molecule has 0 radical (unpaired) electrons. The standard InChI is InChI=1S/C17H23NS/c1-7-11-12-16(18-10-4)17(9-3)19-13-15(6)14(5)8-2/h7,10-14H,1,3-4,8H2,2,5-6H3/b12-11-,15-13+,18-16?/t14-/m1/s1. The molecule has 102 valence electrons. The lowest BCUT2D eigenvalue weighted by Gasteiger charge is -2.09. The van der Waals surface area contributed by atoms with Crippen molar-refractivity contribution in [3.05, 3.63) is 65.8 Å². The zero-order valence-corrected chi connectivity index (χ0v) is 13.0. The predicted octanol–water partition coefficient (Wildman–Crippen LogP) is 5.67. The van der Waals surface area contributed by atoms with Crippen molar-refractivity contribution in [3.63, 3.8) is 0 Å². The van der Waals surface area contributed by atoms with Gasteiger partial charge in [-0.15, -0.1) is 5.73 Å². The van der Waals surface area contributed by atoms with E-state index in [1.807, 2.05) is 12.2 Å².